The number of carbonyl (C=O) groups is 1. The van der Waals surface area contributed by atoms with Gasteiger partial charge in [0.1, 0.15) is 11.6 Å². The van der Waals surface area contributed by atoms with Crippen LogP contribution in [0.1, 0.15) is 30.0 Å². The highest BCUT2D eigenvalue weighted by Gasteiger charge is 2.27. The molecule has 1 aliphatic rings. The summed E-state index contributed by atoms with van der Waals surface area (Å²) in [6, 6.07) is 12.3. The lowest BCUT2D eigenvalue weighted by atomic mass is 9.99. The molecule has 1 fully saturated rings. The van der Waals surface area contributed by atoms with E-state index < -0.39 is 5.82 Å². The fourth-order valence-electron chi connectivity index (χ4n) is 3.82. The number of aromatic amines is 1. The zero-order valence-electron chi connectivity index (χ0n) is 15.3. The van der Waals surface area contributed by atoms with Gasteiger partial charge < -0.3 is 9.88 Å². The Bertz CT molecular complexity index is 1080. The number of nitrogens with one attached hydrogen (secondary N) is 1. The van der Waals surface area contributed by atoms with E-state index in [1.165, 1.54) is 24.3 Å². The molecule has 4 rings (SSSR count). The summed E-state index contributed by atoms with van der Waals surface area (Å²) in [5, 5.41) is 0.960. The summed E-state index contributed by atoms with van der Waals surface area (Å²) in [6.45, 7) is 1.30. The molecule has 3 aromatic rings. The molecule has 0 saturated carbocycles. The van der Waals surface area contributed by atoms with Crippen molar-refractivity contribution in [1.29, 1.82) is 0 Å². The van der Waals surface area contributed by atoms with Crippen molar-refractivity contribution in [2.24, 2.45) is 0 Å². The number of nitrogens with zero attached hydrogens (tertiary/aromatic N) is 1. The fraction of sp³-hybridized carbons (Fsp3) is 0.273. The smallest absolute Gasteiger partial charge is 0.256 e. The normalized spacial score (nSPS) is 16.6. The maximum Gasteiger partial charge on any atom is 0.256 e. The summed E-state index contributed by atoms with van der Waals surface area (Å²) in [5.74, 6) is -0.461. The van der Waals surface area contributed by atoms with E-state index in [2.05, 4.69) is 4.98 Å². The Kier molecular flexibility index (Phi) is 4.94. The van der Waals surface area contributed by atoms with Crippen molar-refractivity contribution in [1.82, 2.24) is 9.88 Å². The van der Waals surface area contributed by atoms with Crippen molar-refractivity contribution in [2.45, 2.75) is 25.2 Å². The molecule has 1 amide bonds. The number of rotatable bonds is 4. The number of fused-ring (bicyclic) bond motifs is 1. The number of hydrogen-bond donors (Lipinski definition) is 1. The number of benzene rings is 2. The first kappa shape index (κ1) is 18.3. The second-order valence-electron chi connectivity index (χ2n) is 7.23. The van der Waals surface area contributed by atoms with E-state index >= 15 is 0 Å². The Morgan fingerprint density at radius 2 is 1.82 bits per heavy atom. The Morgan fingerprint density at radius 1 is 1.07 bits per heavy atom. The van der Waals surface area contributed by atoms with E-state index in [9.17, 15) is 18.4 Å². The van der Waals surface area contributed by atoms with Gasteiger partial charge in [0, 0.05) is 36.5 Å². The summed E-state index contributed by atoms with van der Waals surface area (Å²) in [4.78, 5) is 29.3. The van der Waals surface area contributed by atoms with Crippen LogP contribution in [-0.4, -0.2) is 28.9 Å². The minimum absolute atomic E-state index is 0.0321. The molecule has 2 heterocycles. The van der Waals surface area contributed by atoms with Crippen LogP contribution in [0.2, 0.25) is 0 Å². The van der Waals surface area contributed by atoms with E-state index in [1.807, 2.05) is 4.90 Å². The van der Waals surface area contributed by atoms with E-state index in [0.29, 0.717) is 42.4 Å². The standard InChI is InChI=1S/C22H20F2N2O2/c23-17-4-1-14(2-5-17)16-9-10-26(13-16)21(27)8-7-19-11-15-3-6-18(24)12-20(15)22(28)25-19/h1-6,11-12,16H,7-10,13H2,(H,25,28)/t16-/m1/s1. The molecule has 1 N–H and O–H groups in total. The highest BCUT2D eigenvalue weighted by molar-refractivity contribution is 5.82. The lowest BCUT2D eigenvalue weighted by Crippen LogP contribution is -2.28. The van der Waals surface area contributed by atoms with Crippen LogP contribution in [0, 0.1) is 11.6 Å². The molecule has 1 saturated heterocycles. The van der Waals surface area contributed by atoms with Gasteiger partial charge >= 0.3 is 0 Å². The molecular formula is C22H20F2N2O2. The summed E-state index contributed by atoms with van der Waals surface area (Å²) >= 11 is 0. The SMILES string of the molecule is O=C(CCc1cc2ccc(F)cc2c(=O)[nH]1)N1CC[C@@H](c2ccc(F)cc2)C1. The van der Waals surface area contributed by atoms with E-state index in [-0.39, 0.29) is 23.2 Å². The van der Waals surface area contributed by atoms with Crippen molar-refractivity contribution in [3.05, 3.63) is 81.8 Å². The maximum atomic E-state index is 13.3. The summed E-state index contributed by atoms with van der Waals surface area (Å²) < 4.78 is 26.4. The highest BCUT2D eigenvalue weighted by Crippen LogP contribution is 2.27. The average Bonchev–Trinajstić information content (AvgIpc) is 3.17. The fourth-order valence-corrected chi connectivity index (χ4v) is 3.82. The number of H-pyrrole nitrogens is 1. The lowest BCUT2D eigenvalue weighted by Gasteiger charge is -2.17. The number of carbonyl (C=O) groups excluding carboxylic acids is 1. The third kappa shape index (κ3) is 3.81. The minimum atomic E-state index is -0.453. The van der Waals surface area contributed by atoms with Crippen molar-refractivity contribution in [3.63, 3.8) is 0 Å². The number of aromatic nitrogens is 1. The molecule has 0 aliphatic carbocycles. The summed E-state index contributed by atoms with van der Waals surface area (Å²) in [5.41, 5.74) is 1.35. The topological polar surface area (TPSA) is 53.2 Å². The number of halogens is 2. The molecule has 28 heavy (non-hydrogen) atoms. The van der Waals surface area contributed by atoms with Gasteiger partial charge in [0.2, 0.25) is 5.91 Å². The van der Waals surface area contributed by atoms with Gasteiger partial charge in [0.05, 0.1) is 0 Å². The Hall–Kier alpha value is -3.02. The quantitative estimate of drug-likeness (QED) is 0.747. The Balaban J connectivity index is 1.39. The van der Waals surface area contributed by atoms with Gasteiger partial charge in [-0.2, -0.15) is 0 Å². The van der Waals surface area contributed by atoms with Gasteiger partial charge in [-0.15, -0.1) is 0 Å². The third-order valence-corrected chi connectivity index (χ3v) is 5.35. The molecule has 2 aromatic carbocycles. The second kappa shape index (κ2) is 7.54. The molecule has 144 valence electrons. The largest absolute Gasteiger partial charge is 0.342 e. The number of pyridine rings is 1. The maximum absolute atomic E-state index is 13.3. The van der Waals surface area contributed by atoms with Gasteiger partial charge in [0.25, 0.3) is 5.56 Å². The van der Waals surface area contributed by atoms with Gasteiger partial charge in [-0.05, 0) is 54.1 Å². The summed E-state index contributed by atoms with van der Waals surface area (Å²) in [7, 11) is 0. The first-order valence-electron chi connectivity index (χ1n) is 9.34. The number of hydrogen-bond acceptors (Lipinski definition) is 2. The molecule has 1 aliphatic heterocycles. The molecule has 4 nitrogen and oxygen atoms in total. The Labute approximate surface area is 160 Å². The second-order valence-corrected chi connectivity index (χ2v) is 7.23. The zero-order chi connectivity index (χ0) is 19.7. The van der Waals surface area contributed by atoms with Crippen LogP contribution in [0.25, 0.3) is 10.8 Å². The van der Waals surface area contributed by atoms with Crippen LogP contribution in [0.3, 0.4) is 0 Å². The van der Waals surface area contributed by atoms with Gasteiger partial charge in [0.15, 0.2) is 0 Å². The average molecular weight is 382 g/mol. The third-order valence-electron chi connectivity index (χ3n) is 5.35. The number of likely N-dealkylation sites (tertiary alicyclic amines) is 1. The number of aryl methyl sites for hydroxylation is 1. The summed E-state index contributed by atoms with van der Waals surface area (Å²) in [6.07, 6.45) is 1.56. The van der Waals surface area contributed by atoms with Gasteiger partial charge in [-0.1, -0.05) is 18.2 Å². The monoisotopic (exact) mass is 382 g/mol. The molecule has 6 heteroatoms. The Morgan fingerprint density at radius 3 is 2.61 bits per heavy atom. The molecule has 0 radical (unpaired) electrons. The van der Waals surface area contributed by atoms with Crippen LogP contribution in [0.4, 0.5) is 8.78 Å². The predicted molar refractivity (Wildman–Crippen MR) is 103 cm³/mol. The first-order chi connectivity index (χ1) is 13.5. The van der Waals surface area contributed by atoms with Crippen LogP contribution < -0.4 is 5.56 Å². The molecule has 0 spiro atoms. The lowest BCUT2D eigenvalue weighted by molar-refractivity contribution is -0.130. The van der Waals surface area contributed by atoms with Crippen LogP contribution >= 0.6 is 0 Å². The minimum Gasteiger partial charge on any atom is -0.342 e. The van der Waals surface area contributed by atoms with Gasteiger partial charge in [-0.3, -0.25) is 9.59 Å². The van der Waals surface area contributed by atoms with Crippen molar-refractivity contribution in [2.75, 3.05) is 13.1 Å². The van der Waals surface area contributed by atoms with E-state index in [1.54, 1.807) is 24.3 Å². The van der Waals surface area contributed by atoms with Crippen molar-refractivity contribution < 1.29 is 13.6 Å². The predicted octanol–water partition coefficient (Wildman–Crippen LogP) is 3.76. The molecule has 1 atom stereocenters. The first-order valence-corrected chi connectivity index (χ1v) is 9.34. The van der Waals surface area contributed by atoms with E-state index in [4.69, 9.17) is 0 Å². The van der Waals surface area contributed by atoms with Crippen LogP contribution in [0.5, 0.6) is 0 Å². The molecular weight excluding hydrogens is 362 g/mol. The molecule has 0 unspecified atom stereocenters. The van der Waals surface area contributed by atoms with Gasteiger partial charge in [-0.25, -0.2) is 8.78 Å². The van der Waals surface area contributed by atoms with Crippen LogP contribution in [0.15, 0.2) is 53.3 Å². The zero-order valence-corrected chi connectivity index (χ0v) is 15.3. The highest BCUT2D eigenvalue weighted by atomic mass is 19.1. The molecule has 0 bridgehead atoms. The molecule has 1 aromatic heterocycles. The van der Waals surface area contributed by atoms with Crippen molar-refractivity contribution >= 4 is 16.7 Å². The van der Waals surface area contributed by atoms with Crippen molar-refractivity contribution in [3.8, 4) is 0 Å². The number of amides is 1. The van der Waals surface area contributed by atoms with Crippen LogP contribution in [-0.2, 0) is 11.2 Å². The van der Waals surface area contributed by atoms with E-state index in [0.717, 1.165) is 12.0 Å².